The zero-order valence-electron chi connectivity index (χ0n) is 64.0. The first kappa shape index (κ1) is 87.5. The number of hydrogen-bond acceptors (Lipinski definition) is 11. The van der Waals surface area contributed by atoms with Crippen molar-refractivity contribution in [3.8, 4) is 62.3 Å². The minimum atomic E-state index is -0.0931. The van der Waals surface area contributed by atoms with Crippen LogP contribution in [0.15, 0.2) is 268 Å². The molecule has 0 saturated carbocycles. The van der Waals surface area contributed by atoms with Gasteiger partial charge in [0.25, 0.3) is 0 Å². The Morgan fingerprint density at radius 2 is 0.712 bits per heavy atom. The molecule has 0 aliphatic heterocycles. The van der Waals surface area contributed by atoms with Crippen LogP contribution in [0.5, 0.6) is 5.75 Å². The summed E-state index contributed by atoms with van der Waals surface area (Å²) in [5.74, 6) is 3.13. The van der Waals surface area contributed by atoms with E-state index in [0.717, 1.165) is 128 Å². The monoisotopic (exact) mass is 2340 g/mol. The second kappa shape index (κ2) is 38.4. The van der Waals surface area contributed by atoms with Crippen molar-refractivity contribution < 1.29 is 105 Å². The molecule has 5 aromatic heterocycles. The molecule has 0 atom stereocenters. The van der Waals surface area contributed by atoms with Crippen molar-refractivity contribution in [3.05, 3.63) is 321 Å². The van der Waals surface area contributed by atoms with E-state index in [9.17, 15) is 0 Å². The fourth-order valence-electron chi connectivity index (χ4n) is 12.2. The Balaban J connectivity index is 0.000000173. The van der Waals surface area contributed by atoms with Crippen LogP contribution in [0.25, 0.3) is 133 Å². The van der Waals surface area contributed by atoms with Gasteiger partial charge < -0.3 is 4.74 Å². The predicted octanol–water partition coefficient (Wildman–Crippen LogP) is 23.0. The van der Waals surface area contributed by atoms with E-state index in [1.54, 1.807) is 19.8 Å². The zero-order valence-corrected chi connectivity index (χ0v) is 75.9. The molecule has 0 spiro atoms. The molecule has 0 aliphatic carbocycles. The van der Waals surface area contributed by atoms with Gasteiger partial charge in [0.1, 0.15) is 18.5 Å². The minimum Gasteiger partial charge on any atom is -0.516 e. The van der Waals surface area contributed by atoms with Crippen LogP contribution in [0.2, 0.25) is 0 Å². The summed E-state index contributed by atoms with van der Waals surface area (Å²) in [6.07, 6.45) is 5.05. The van der Waals surface area contributed by atoms with Gasteiger partial charge in [0.2, 0.25) is 0 Å². The average molecular weight is 2340 g/mol. The smallest absolute Gasteiger partial charge is 0.125 e. The Hall–Kier alpha value is -9.09. The van der Waals surface area contributed by atoms with E-state index in [1.165, 1.54) is 32.7 Å². The van der Waals surface area contributed by atoms with Crippen LogP contribution >= 0.6 is 0 Å². The van der Waals surface area contributed by atoms with Crippen molar-refractivity contribution in [2.75, 3.05) is 7.11 Å². The molecule has 16 heteroatoms. The fraction of sp³-hybridized carbons (Fsp3) is 0.179. The maximum atomic E-state index is 5.22. The molecule has 0 amide bonds. The van der Waals surface area contributed by atoms with Crippen molar-refractivity contribution in [2.45, 2.75) is 105 Å². The summed E-state index contributed by atoms with van der Waals surface area (Å²) >= 11 is 0. The molecule has 5 heterocycles. The molecule has 569 valence electrons. The molecule has 0 aliphatic rings. The van der Waals surface area contributed by atoms with Crippen LogP contribution in [0, 0.1) is 30.3 Å². The third kappa shape index (κ3) is 21.4. The van der Waals surface area contributed by atoms with Gasteiger partial charge in [-0.1, -0.05) is 233 Å². The average Bonchev–Trinajstić information content (AvgIpc) is 0.795. The number of nitrogens with zero attached hydrogens (tertiary/aromatic N) is 10. The molecule has 0 bridgehead atoms. The van der Waals surface area contributed by atoms with E-state index >= 15 is 0 Å². The molecular weight excluding hydrogens is 2260 g/mol. The molecule has 0 N–H and O–H groups in total. The molecule has 0 unspecified atom stereocenters. The predicted molar refractivity (Wildman–Crippen MR) is 435 cm³/mol. The van der Waals surface area contributed by atoms with E-state index in [4.69, 9.17) is 24.7 Å². The summed E-state index contributed by atoms with van der Waals surface area (Å²) in [6.45, 7) is 26.3. The van der Waals surface area contributed by atoms with Gasteiger partial charge in [-0.05, 0) is 74.4 Å². The van der Waals surface area contributed by atoms with Gasteiger partial charge in [0.15, 0.2) is 0 Å². The second-order valence-corrected chi connectivity index (χ2v) is 30.1. The van der Waals surface area contributed by atoms with Gasteiger partial charge in [-0.25, -0.2) is 15.0 Å². The first-order chi connectivity index (χ1) is 51.0. The maximum Gasteiger partial charge on any atom is 0.125 e. The topological polar surface area (TPSA) is 138 Å². The first-order valence-corrected chi connectivity index (χ1v) is 35.6. The van der Waals surface area contributed by atoms with Crippen LogP contribution in [0.1, 0.15) is 106 Å². The summed E-state index contributed by atoms with van der Waals surface area (Å²) in [6, 6.07) is 100. The van der Waals surface area contributed by atoms with Crippen molar-refractivity contribution in [3.63, 3.8) is 0 Å². The van der Waals surface area contributed by atoms with Crippen molar-refractivity contribution in [1.29, 1.82) is 0 Å². The van der Waals surface area contributed by atoms with Gasteiger partial charge in [-0.2, -0.15) is 0 Å². The third-order valence-corrected chi connectivity index (χ3v) is 18.1. The fourth-order valence-corrected chi connectivity index (χ4v) is 12.2. The molecular formula is C95H83Ir5N10O-5. The second-order valence-electron chi connectivity index (χ2n) is 30.1. The standard InChI is InChI=1S/2C22H25N2.2C18H11N2.C15H11N2O.5Ir/c1-21(2,3)16-13-11-15(12-14-16)20-23-18-10-8-7-9-17(18)19(24-20)22(4,5)6;1-21(2,3)16-13-11-15(12-14-16)19-17-9-7-8-10-18(17)23-20(24-19)22(4,5)6;1-2-6-14-11-15(10-9-13(14)5-1)18-16-7-3-4-8-17(16)19-12-20-18;1-2-6-14-11-15(10-9-13(14)5-1)18-19-12-16-7-3-4-8-17(16)20-18;1-18-12-6-4-5-11(9-12)15-13-7-2-3-8-14(13)16-10-17-15;;;;;/h2*7-11,13-14H,1-6H3;2*1-9,11-12H;2-4,6-10H,1H3;;;;;/q5*-1;;;;;. The first-order valence-electron chi connectivity index (χ1n) is 35.6. The molecule has 17 aromatic rings. The van der Waals surface area contributed by atoms with Crippen LogP contribution in [-0.4, -0.2) is 56.9 Å². The Morgan fingerprint density at radius 1 is 0.288 bits per heavy atom. The van der Waals surface area contributed by atoms with Gasteiger partial charge in [0, 0.05) is 140 Å². The van der Waals surface area contributed by atoms with Crippen LogP contribution in [0.4, 0.5) is 0 Å². The molecule has 0 saturated heterocycles. The normalized spacial score (nSPS) is 11.1. The summed E-state index contributed by atoms with van der Waals surface area (Å²) in [5.41, 5.74) is 16.1. The number of benzene rings is 12. The maximum absolute atomic E-state index is 5.22. The van der Waals surface area contributed by atoms with Crippen molar-refractivity contribution in [1.82, 2.24) is 49.8 Å². The third-order valence-electron chi connectivity index (χ3n) is 18.1. The van der Waals surface area contributed by atoms with Gasteiger partial charge in [-0.15, -0.1) is 159 Å². The number of methoxy groups -OCH3 is 1. The summed E-state index contributed by atoms with van der Waals surface area (Å²) in [5, 5.41) is 10.1. The minimum absolute atomic E-state index is 0. The van der Waals surface area contributed by atoms with E-state index < -0.39 is 0 Å². The Morgan fingerprint density at radius 3 is 1.22 bits per heavy atom. The number of ether oxygens (including phenoxy) is 1. The van der Waals surface area contributed by atoms with E-state index in [1.807, 2.05) is 158 Å². The molecule has 11 nitrogen and oxygen atoms in total. The summed E-state index contributed by atoms with van der Waals surface area (Å²) < 4.78 is 5.22. The number of rotatable bonds is 6. The molecule has 5 radical (unpaired) electrons. The summed E-state index contributed by atoms with van der Waals surface area (Å²) in [4.78, 5) is 45.7. The van der Waals surface area contributed by atoms with Crippen LogP contribution in [0.3, 0.4) is 0 Å². The van der Waals surface area contributed by atoms with Gasteiger partial charge in [0.05, 0.1) is 46.3 Å². The molecule has 12 aromatic carbocycles. The summed E-state index contributed by atoms with van der Waals surface area (Å²) in [7, 11) is 1.65. The SMILES string of the molecule is CC(C)(C)c1c[c-]c(-c2nc(C(C)(C)C)c3ccccc3n2)cc1.CC(C)(C)c1c[c-]c(-c2nc(C(C)(C)C)nc3ccccc23)cc1.COc1cc[c-]c(-c2ncnc3ccccc23)c1.[Ir].[Ir].[Ir].[Ir].[Ir].[c-]1cc2ccccc2cc1-c1ncc2ccccc2n1.[c-]1cc2ccccc2cc1-c1ncnc2ccccc12. The number of para-hydroxylation sites is 5. The molecule has 17 rings (SSSR count). The number of hydrogen-bond donors (Lipinski definition) is 0. The number of aromatic nitrogens is 10. The molecule has 0 fully saturated rings. The van der Waals surface area contributed by atoms with Crippen LogP contribution in [-0.2, 0) is 122 Å². The van der Waals surface area contributed by atoms with E-state index in [2.05, 4.69) is 240 Å². The zero-order chi connectivity index (χ0) is 74.2. The van der Waals surface area contributed by atoms with Crippen molar-refractivity contribution in [2.24, 2.45) is 0 Å². The Bertz CT molecular complexity index is 5870. The quantitative estimate of drug-likeness (QED) is 0.147. The Kier molecular flexibility index (Phi) is 30.3. The number of fused-ring (bicyclic) bond motifs is 7. The molecule has 111 heavy (non-hydrogen) atoms. The van der Waals surface area contributed by atoms with E-state index in [0.29, 0.717) is 0 Å². The Labute approximate surface area is 719 Å². The van der Waals surface area contributed by atoms with Gasteiger partial charge in [-0.3, -0.25) is 34.9 Å². The van der Waals surface area contributed by atoms with E-state index in [-0.39, 0.29) is 122 Å². The van der Waals surface area contributed by atoms with Gasteiger partial charge >= 0.3 is 0 Å². The van der Waals surface area contributed by atoms with Crippen LogP contribution < -0.4 is 4.74 Å². The largest absolute Gasteiger partial charge is 0.516 e. The van der Waals surface area contributed by atoms with Crippen molar-refractivity contribution >= 4 is 76.1 Å².